The second-order valence-corrected chi connectivity index (χ2v) is 4.45. The molecule has 0 spiro atoms. The lowest BCUT2D eigenvalue weighted by molar-refractivity contribution is -0.385. The van der Waals surface area contributed by atoms with Gasteiger partial charge in [-0.15, -0.1) is 0 Å². The molecule has 2 rings (SSSR count). The van der Waals surface area contributed by atoms with Gasteiger partial charge in [-0.2, -0.15) is 0 Å². The maximum absolute atomic E-state index is 13.3. The molecular formula is C15H12FNO4. The number of rotatable bonds is 5. The number of carbonyl (C=O) groups is 1. The van der Waals surface area contributed by atoms with E-state index in [2.05, 4.69) is 0 Å². The number of nitrogens with zero attached hydrogens (tertiary/aromatic N) is 1. The molecule has 0 aliphatic carbocycles. The summed E-state index contributed by atoms with van der Waals surface area (Å²) in [4.78, 5) is 21.3. The van der Waals surface area contributed by atoms with Crippen molar-refractivity contribution in [3.8, 4) is 5.75 Å². The molecule has 0 unspecified atom stereocenters. The Morgan fingerprint density at radius 2 is 2.05 bits per heavy atom. The van der Waals surface area contributed by atoms with Crippen LogP contribution in [0, 0.1) is 15.9 Å². The van der Waals surface area contributed by atoms with Gasteiger partial charge >= 0.3 is 0 Å². The minimum absolute atomic E-state index is 0.0278. The lowest BCUT2D eigenvalue weighted by atomic mass is 10.1. The summed E-state index contributed by atoms with van der Waals surface area (Å²) in [6, 6.07) is 9.80. The van der Waals surface area contributed by atoms with Crippen LogP contribution in [0.1, 0.15) is 22.8 Å². The van der Waals surface area contributed by atoms with Gasteiger partial charge in [-0.3, -0.25) is 14.9 Å². The molecule has 0 N–H and O–H groups in total. The number of ether oxygens (including phenoxy) is 1. The van der Waals surface area contributed by atoms with Crippen LogP contribution in [0.2, 0.25) is 0 Å². The zero-order valence-electron chi connectivity index (χ0n) is 11.2. The molecule has 2 aromatic carbocycles. The van der Waals surface area contributed by atoms with E-state index in [0.717, 1.165) is 6.07 Å². The quantitative estimate of drug-likeness (QED) is 0.480. The van der Waals surface area contributed by atoms with Gasteiger partial charge in [0, 0.05) is 11.6 Å². The topological polar surface area (TPSA) is 69.4 Å². The average Bonchev–Trinajstić information content (AvgIpc) is 2.45. The van der Waals surface area contributed by atoms with Gasteiger partial charge in [-0.25, -0.2) is 4.39 Å². The van der Waals surface area contributed by atoms with E-state index in [1.54, 1.807) is 24.3 Å². The Labute approximate surface area is 120 Å². The second kappa shape index (κ2) is 6.13. The highest BCUT2D eigenvalue weighted by Gasteiger charge is 2.10. The van der Waals surface area contributed by atoms with Crippen LogP contribution in [0.3, 0.4) is 0 Å². The predicted octanol–water partition coefficient (Wildman–Crippen LogP) is 3.52. The van der Waals surface area contributed by atoms with Gasteiger partial charge in [0.25, 0.3) is 5.69 Å². The van der Waals surface area contributed by atoms with Gasteiger partial charge < -0.3 is 4.74 Å². The Hall–Kier alpha value is -2.76. The van der Waals surface area contributed by atoms with Crippen molar-refractivity contribution in [3.05, 3.63) is 69.5 Å². The minimum atomic E-state index is -0.694. The smallest absolute Gasteiger partial charge is 0.272 e. The first-order valence-electron chi connectivity index (χ1n) is 6.13. The van der Waals surface area contributed by atoms with Gasteiger partial charge in [0.05, 0.1) is 11.0 Å². The molecule has 0 amide bonds. The first-order valence-corrected chi connectivity index (χ1v) is 6.13. The molecule has 6 heteroatoms. The fourth-order valence-electron chi connectivity index (χ4n) is 1.79. The zero-order valence-corrected chi connectivity index (χ0v) is 11.2. The molecule has 0 fully saturated rings. The lowest BCUT2D eigenvalue weighted by Gasteiger charge is -2.07. The molecule has 0 aliphatic rings. The summed E-state index contributed by atoms with van der Waals surface area (Å²) in [6.45, 7) is 1.41. The highest BCUT2D eigenvalue weighted by molar-refractivity contribution is 5.94. The predicted molar refractivity (Wildman–Crippen MR) is 73.8 cm³/mol. The molecule has 2 aromatic rings. The van der Waals surface area contributed by atoms with Crippen LogP contribution < -0.4 is 4.74 Å². The summed E-state index contributed by atoms with van der Waals surface area (Å²) < 4.78 is 18.7. The van der Waals surface area contributed by atoms with Crippen LogP contribution >= 0.6 is 0 Å². The molecule has 0 saturated carbocycles. The van der Waals surface area contributed by atoms with E-state index >= 15 is 0 Å². The summed E-state index contributed by atoms with van der Waals surface area (Å²) >= 11 is 0. The molecule has 0 bridgehead atoms. The SMILES string of the molecule is CC(=O)c1cccc(OCc2cc(F)cc([N+](=O)[O-])c2)c1. The normalized spacial score (nSPS) is 10.2. The Morgan fingerprint density at radius 3 is 2.71 bits per heavy atom. The number of hydrogen-bond acceptors (Lipinski definition) is 4. The maximum atomic E-state index is 13.3. The Kier molecular flexibility index (Phi) is 4.27. The van der Waals surface area contributed by atoms with E-state index in [0.29, 0.717) is 16.9 Å². The van der Waals surface area contributed by atoms with E-state index in [9.17, 15) is 19.3 Å². The van der Waals surface area contributed by atoms with Crippen molar-refractivity contribution in [2.45, 2.75) is 13.5 Å². The molecular weight excluding hydrogens is 277 g/mol. The maximum Gasteiger partial charge on any atom is 0.272 e. The van der Waals surface area contributed by atoms with Crippen molar-refractivity contribution < 1.29 is 18.8 Å². The third-order valence-electron chi connectivity index (χ3n) is 2.80. The van der Waals surface area contributed by atoms with Gasteiger partial charge in [0.15, 0.2) is 5.78 Å². The minimum Gasteiger partial charge on any atom is -0.489 e. The molecule has 0 saturated heterocycles. The highest BCUT2D eigenvalue weighted by atomic mass is 19.1. The number of carbonyl (C=O) groups excluding carboxylic acids is 1. The summed E-state index contributed by atoms with van der Waals surface area (Å²) in [5, 5.41) is 10.7. The van der Waals surface area contributed by atoms with Crippen molar-refractivity contribution in [2.24, 2.45) is 0 Å². The Balaban J connectivity index is 2.14. The molecule has 0 aliphatic heterocycles. The zero-order chi connectivity index (χ0) is 15.4. The van der Waals surface area contributed by atoms with Crippen molar-refractivity contribution >= 4 is 11.5 Å². The molecule has 108 valence electrons. The van der Waals surface area contributed by atoms with Crippen LogP contribution in [0.25, 0.3) is 0 Å². The molecule has 0 atom stereocenters. The lowest BCUT2D eigenvalue weighted by Crippen LogP contribution is -1.99. The number of non-ortho nitro benzene ring substituents is 1. The largest absolute Gasteiger partial charge is 0.489 e. The second-order valence-electron chi connectivity index (χ2n) is 4.45. The van der Waals surface area contributed by atoms with Crippen LogP contribution in [0.5, 0.6) is 5.75 Å². The van der Waals surface area contributed by atoms with E-state index in [1.807, 2.05) is 0 Å². The van der Waals surface area contributed by atoms with Crippen LogP contribution in [0.4, 0.5) is 10.1 Å². The fraction of sp³-hybridized carbons (Fsp3) is 0.133. The molecule has 0 aromatic heterocycles. The number of benzene rings is 2. The number of Topliss-reactive ketones (excluding diaryl/α,β-unsaturated/α-hetero) is 1. The van der Waals surface area contributed by atoms with Crippen molar-refractivity contribution in [1.29, 1.82) is 0 Å². The standard InChI is InChI=1S/C15H12FNO4/c1-10(18)12-3-2-4-15(7-12)21-9-11-5-13(16)8-14(6-11)17(19)20/h2-8H,9H2,1H3. The fourth-order valence-corrected chi connectivity index (χ4v) is 1.79. The van der Waals surface area contributed by atoms with Crippen molar-refractivity contribution in [2.75, 3.05) is 0 Å². The van der Waals surface area contributed by atoms with Crippen LogP contribution in [0.15, 0.2) is 42.5 Å². The van der Waals surface area contributed by atoms with Gasteiger partial charge in [0.1, 0.15) is 18.2 Å². The van der Waals surface area contributed by atoms with Gasteiger partial charge in [0.2, 0.25) is 0 Å². The monoisotopic (exact) mass is 289 g/mol. The molecule has 0 heterocycles. The van der Waals surface area contributed by atoms with E-state index in [-0.39, 0.29) is 18.1 Å². The van der Waals surface area contributed by atoms with E-state index in [4.69, 9.17) is 4.74 Å². The van der Waals surface area contributed by atoms with Crippen molar-refractivity contribution in [3.63, 3.8) is 0 Å². The number of halogens is 1. The number of hydrogen-bond donors (Lipinski definition) is 0. The first-order chi connectivity index (χ1) is 9.95. The summed E-state index contributed by atoms with van der Waals surface area (Å²) in [5.74, 6) is -0.350. The van der Waals surface area contributed by atoms with Gasteiger partial charge in [-0.05, 0) is 30.7 Å². The van der Waals surface area contributed by atoms with Gasteiger partial charge in [-0.1, -0.05) is 12.1 Å². The third kappa shape index (κ3) is 3.85. The molecule has 0 radical (unpaired) electrons. The number of nitro benzene ring substituents is 1. The average molecular weight is 289 g/mol. The third-order valence-corrected chi connectivity index (χ3v) is 2.80. The van der Waals surface area contributed by atoms with Crippen molar-refractivity contribution in [1.82, 2.24) is 0 Å². The molecule has 5 nitrogen and oxygen atoms in total. The Bertz CT molecular complexity index is 700. The van der Waals surface area contributed by atoms with Crippen LogP contribution in [-0.4, -0.2) is 10.7 Å². The molecule has 21 heavy (non-hydrogen) atoms. The number of ketones is 1. The first kappa shape index (κ1) is 14.6. The van der Waals surface area contributed by atoms with E-state index < -0.39 is 10.7 Å². The summed E-state index contributed by atoms with van der Waals surface area (Å²) in [6.07, 6.45) is 0. The summed E-state index contributed by atoms with van der Waals surface area (Å²) in [7, 11) is 0. The number of nitro groups is 1. The summed E-state index contributed by atoms with van der Waals surface area (Å²) in [5.41, 5.74) is 0.513. The highest BCUT2D eigenvalue weighted by Crippen LogP contribution is 2.19. The van der Waals surface area contributed by atoms with E-state index in [1.165, 1.54) is 19.1 Å². The Morgan fingerprint density at radius 1 is 1.29 bits per heavy atom. The van der Waals surface area contributed by atoms with Crippen LogP contribution in [-0.2, 0) is 6.61 Å².